The molecule has 0 fully saturated rings. The van der Waals surface area contributed by atoms with Gasteiger partial charge in [0.2, 0.25) is 5.72 Å². The third kappa shape index (κ3) is 6.85. The summed E-state index contributed by atoms with van der Waals surface area (Å²) < 4.78 is 30.9. The number of nitro benzene ring substituents is 1. The number of nitrogens with zero attached hydrogens (tertiary/aromatic N) is 3. The van der Waals surface area contributed by atoms with E-state index in [-0.39, 0.29) is 10.6 Å². The van der Waals surface area contributed by atoms with Crippen molar-refractivity contribution >= 4 is 33.4 Å². The van der Waals surface area contributed by atoms with Crippen LogP contribution < -0.4 is 19.1 Å². The average molecular weight is 709 g/mol. The van der Waals surface area contributed by atoms with E-state index in [0.717, 1.165) is 29.5 Å². The maximum absolute atomic E-state index is 12.1. The van der Waals surface area contributed by atoms with Crippen LogP contribution >= 0.6 is 15.9 Å². The van der Waals surface area contributed by atoms with E-state index in [1.807, 2.05) is 30.3 Å². The van der Waals surface area contributed by atoms with Gasteiger partial charge < -0.3 is 28.6 Å². The largest absolute Gasteiger partial charge is 0.487 e. The summed E-state index contributed by atoms with van der Waals surface area (Å²) in [5, 5.41) is 12.9. The van der Waals surface area contributed by atoms with Gasteiger partial charge in [-0.05, 0) is 56.2 Å². The quantitative estimate of drug-likeness (QED) is 0.160. The van der Waals surface area contributed by atoms with Gasteiger partial charge in [-0.25, -0.2) is 0 Å². The lowest BCUT2D eigenvalue weighted by molar-refractivity contribution is -0.385. The highest BCUT2D eigenvalue weighted by atomic mass is 79.9. The van der Waals surface area contributed by atoms with Crippen molar-refractivity contribution in [1.29, 1.82) is 0 Å². The average Bonchev–Trinajstić information content (AvgIpc) is 3.24. The van der Waals surface area contributed by atoms with E-state index in [1.165, 1.54) is 5.56 Å². The number of benzene rings is 3. The lowest BCUT2D eigenvalue weighted by Crippen LogP contribution is -2.60. The van der Waals surface area contributed by atoms with E-state index in [4.69, 9.17) is 23.7 Å². The molecule has 3 aromatic carbocycles. The van der Waals surface area contributed by atoms with Crippen molar-refractivity contribution in [3.8, 4) is 17.2 Å². The fraction of sp³-hybridized carbons (Fsp3) is 0.444. The molecular formula is C36H42BrN3O7. The van der Waals surface area contributed by atoms with Crippen LogP contribution in [0.4, 0.5) is 11.4 Å². The zero-order chi connectivity index (χ0) is 32.9. The highest BCUT2D eigenvalue weighted by molar-refractivity contribution is 9.09. The molecule has 0 amide bonds. The third-order valence-corrected chi connectivity index (χ3v) is 9.69. The van der Waals surface area contributed by atoms with Crippen molar-refractivity contribution in [2.24, 2.45) is 0 Å². The second-order valence-electron chi connectivity index (χ2n) is 12.4. The minimum atomic E-state index is -0.808. The molecule has 1 spiro atoms. The van der Waals surface area contributed by atoms with Gasteiger partial charge in [0.15, 0.2) is 11.5 Å². The Labute approximate surface area is 284 Å². The Morgan fingerprint density at radius 1 is 0.894 bits per heavy atom. The summed E-state index contributed by atoms with van der Waals surface area (Å²) in [6.45, 7) is 9.38. The van der Waals surface area contributed by atoms with Gasteiger partial charge in [0.1, 0.15) is 19.0 Å². The summed E-state index contributed by atoms with van der Waals surface area (Å²) in [6.07, 6.45) is 5.02. The zero-order valence-corrected chi connectivity index (χ0v) is 28.6. The lowest BCUT2D eigenvalue weighted by atomic mass is 9.76. The number of anilines is 1. The second-order valence-corrected chi connectivity index (χ2v) is 13.2. The van der Waals surface area contributed by atoms with Crippen LogP contribution in [0.1, 0.15) is 37.0 Å². The van der Waals surface area contributed by atoms with E-state index in [9.17, 15) is 10.1 Å². The minimum absolute atomic E-state index is 0.0350. The van der Waals surface area contributed by atoms with Crippen LogP contribution in [0.25, 0.3) is 6.08 Å². The summed E-state index contributed by atoms with van der Waals surface area (Å²) in [4.78, 5) is 16.3. The molecule has 6 rings (SSSR count). The first-order chi connectivity index (χ1) is 22.8. The molecule has 0 saturated heterocycles. The molecule has 250 valence electrons. The maximum atomic E-state index is 12.1. The van der Waals surface area contributed by atoms with Crippen molar-refractivity contribution in [2.45, 2.75) is 38.0 Å². The molecule has 0 aromatic heterocycles. The summed E-state index contributed by atoms with van der Waals surface area (Å²) in [7, 11) is 0. The SMILES string of the molecule is CC1(C)c2ccccc2N(CCCBr)C12C=Cc1cc([N+](=O)[O-])cc(CN3CCOCCOc4ccccc4OCCOCC3)c1O2. The molecule has 1 atom stereocenters. The molecule has 3 aliphatic heterocycles. The zero-order valence-electron chi connectivity index (χ0n) is 27.0. The Bertz CT molecular complexity index is 1560. The number of para-hydroxylation sites is 3. The molecular weight excluding hydrogens is 666 g/mol. The van der Waals surface area contributed by atoms with Crippen molar-refractivity contribution in [3.05, 3.63) is 93.5 Å². The molecule has 11 heteroatoms. The van der Waals surface area contributed by atoms with Crippen molar-refractivity contribution < 1.29 is 28.6 Å². The summed E-state index contributed by atoms with van der Waals surface area (Å²) in [5.41, 5.74) is 2.63. The number of hydrogen-bond donors (Lipinski definition) is 0. The number of nitro groups is 1. The number of alkyl halides is 1. The highest BCUT2D eigenvalue weighted by Crippen LogP contribution is 2.55. The second kappa shape index (κ2) is 14.6. The van der Waals surface area contributed by atoms with E-state index in [1.54, 1.807) is 12.1 Å². The van der Waals surface area contributed by atoms with Crippen LogP contribution in [-0.2, 0) is 21.4 Å². The lowest BCUT2D eigenvalue weighted by Gasteiger charge is -2.47. The molecule has 3 aromatic rings. The Hall–Kier alpha value is -3.64. The first-order valence-corrected chi connectivity index (χ1v) is 17.3. The molecule has 0 N–H and O–H groups in total. The predicted molar refractivity (Wildman–Crippen MR) is 185 cm³/mol. The Morgan fingerprint density at radius 3 is 2.21 bits per heavy atom. The number of hydrogen-bond acceptors (Lipinski definition) is 9. The molecule has 0 bridgehead atoms. The number of halogens is 1. The van der Waals surface area contributed by atoms with Crippen molar-refractivity contribution in [2.75, 3.05) is 69.5 Å². The number of non-ortho nitro benzene ring substituents is 1. The fourth-order valence-electron chi connectivity index (χ4n) is 6.70. The van der Waals surface area contributed by atoms with Gasteiger partial charge in [-0.1, -0.05) is 46.3 Å². The van der Waals surface area contributed by atoms with Crippen LogP contribution in [0.3, 0.4) is 0 Å². The molecule has 0 aliphatic carbocycles. The standard InChI is InChI=1S/C36H42BrN3O7/c1-35(2)30-8-3-4-9-31(30)39(15-7-14-37)36(35)13-12-27-24-29(40(41)42)25-28(34(27)47-36)26-38-16-18-43-20-22-45-32-10-5-6-11-33(32)46-23-21-44-19-17-38/h3-6,8-13,24-25H,7,14-23,26H2,1-2H3. The summed E-state index contributed by atoms with van der Waals surface area (Å²) in [5.74, 6) is 2.02. The first kappa shape index (κ1) is 33.3. The normalized spacial score (nSPS) is 21.3. The summed E-state index contributed by atoms with van der Waals surface area (Å²) in [6, 6.07) is 19.3. The van der Waals surface area contributed by atoms with Gasteiger partial charge in [0.05, 0.1) is 36.8 Å². The van der Waals surface area contributed by atoms with Gasteiger partial charge >= 0.3 is 0 Å². The fourth-order valence-corrected chi connectivity index (χ4v) is 6.95. The Morgan fingerprint density at radius 2 is 1.55 bits per heavy atom. The van der Waals surface area contributed by atoms with E-state index < -0.39 is 11.1 Å². The minimum Gasteiger partial charge on any atom is -0.487 e. The monoisotopic (exact) mass is 707 g/mol. The van der Waals surface area contributed by atoms with Gasteiger partial charge in [-0.15, -0.1) is 0 Å². The number of rotatable bonds is 6. The maximum Gasteiger partial charge on any atom is 0.270 e. The smallest absolute Gasteiger partial charge is 0.270 e. The van der Waals surface area contributed by atoms with Crippen LogP contribution in [0.15, 0.2) is 66.7 Å². The Balaban J connectivity index is 1.27. The van der Waals surface area contributed by atoms with Crippen molar-refractivity contribution in [1.82, 2.24) is 4.90 Å². The van der Waals surface area contributed by atoms with Gasteiger partial charge in [0.25, 0.3) is 5.69 Å². The molecule has 1 unspecified atom stereocenters. The summed E-state index contributed by atoms with van der Waals surface area (Å²) >= 11 is 3.61. The van der Waals surface area contributed by atoms with Crippen LogP contribution in [0, 0.1) is 10.1 Å². The van der Waals surface area contributed by atoms with Gasteiger partial charge in [-0.2, -0.15) is 0 Å². The molecule has 3 aliphatic rings. The first-order valence-electron chi connectivity index (χ1n) is 16.2. The third-order valence-electron chi connectivity index (χ3n) is 9.13. The number of ether oxygens (including phenoxy) is 5. The molecule has 0 saturated carbocycles. The highest BCUT2D eigenvalue weighted by Gasteiger charge is 2.58. The molecule has 47 heavy (non-hydrogen) atoms. The van der Waals surface area contributed by atoms with E-state index in [2.05, 4.69) is 69.9 Å². The van der Waals surface area contributed by atoms with Crippen molar-refractivity contribution in [3.63, 3.8) is 0 Å². The van der Waals surface area contributed by atoms with Crippen LogP contribution in [0.2, 0.25) is 0 Å². The van der Waals surface area contributed by atoms with Crippen LogP contribution in [-0.4, -0.2) is 80.2 Å². The predicted octanol–water partition coefficient (Wildman–Crippen LogP) is 6.59. The molecule has 0 radical (unpaired) electrons. The van der Waals surface area contributed by atoms with Crippen LogP contribution in [0.5, 0.6) is 17.2 Å². The Kier molecular flexibility index (Phi) is 10.4. The van der Waals surface area contributed by atoms with E-state index >= 15 is 0 Å². The van der Waals surface area contributed by atoms with E-state index in [0.29, 0.717) is 82.1 Å². The topological polar surface area (TPSA) is 95.8 Å². The molecule has 3 heterocycles. The van der Waals surface area contributed by atoms with Gasteiger partial charge in [-0.3, -0.25) is 15.0 Å². The number of fused-ring (bicyclic) bond motifs is 3. The molecule has 10 nitrogen and oxygen atoms in total. The van der Waals surface area contributed by atoms with Gasteiger partial charge in [0, 0.05) is 60.5 Å².